The van der Waals surface area contributed by atoms with Gasteiger partial charge in [-0.05, 0) is 84.4 Å². The fraction of sp³-hybridized carbons (Fsp3) is 0.769. The highest BCUT2D eigenvalue weighted by Gasteiger charge is 2.65. The second-order valence-electron chi connectivity index (χ2n) is 12.2. The molecule has 4 heteroatoms. The number of hydrogen-bond donors (Lipinski definition) is 2. The van der Waals surface area contributed by atoms with Crippen LogP contribution in [0.5, 0.6) is 0 Å². The Morgan fingerprint density at radius 2 is 1.67 bits per heavy atom. The van der Waals surface area contributed by atoms with Crippen LogP contribution >= 0.6 is 0 Å². The first-order valence-electron chi connectivity index (χ1n) is 11.9. The largest absolute Gasteiger partial charge is 0.393 e. The van der Waals surface area contributed by atoms with Crippen molar-refractivity contribution in [3.05, 3.63) is 23.3 Å². The van der Waals surface area contributed by atoms with Gasteiger partial charge < -0.3 is 5.11 Å². The van der Waals surface area contributed by atoms with E-state index in [9.17, 15) is 14.7 Å². The fourth-order valence-electron chi connectivity index (χ4n) is 8.88. The van der Waals surface area contributed by atoms with Crippen molar-refractivity contribution in [1.82, 2.24) is 5.32 Å². The monoisotopic (exact) mass is 411 g/mol. The third-order valence-corrected chi connectivity index (χ3v) is 11.0. The molecule has 5 rings (SSSR count). The van der Waals surface area contributed by atoms with E-state index in [1.807, 2.05) is 0 Å². The summed E-state index contributed by atoms with van der Waals surface area (Å²) < 4.78 is 0. The average Bonchev–Trinajstić information content (AvgIpc) is 3.14. The molecule has 0 aromatic rings. The molecule has 4 aliphatic carbocycles. The zero-order valence-corrected chi connectivity index (χ0v) is 19.2. The fourth-order valence-corrected chi connectivity index (χ4v) is 8.88. The molecule has 0 aromatic carbocycles. The van der Waals surface area contributed by atoms with Crippen LogP contribution in [0.4, 0.5) is 0 Å². The lowest BCUT2D eigenvalue weighted by Crippen LogP contribution is -2.58. The van der Waals surface area contributed by atoms with E-state index < -0.39 is 0 Å². The van der Waals surface area contributed by atoms with Crippen LogP contribution in [0.2, 0.25) is 0 Å². The number of aliphatic hydroxyl groups excluding tert-OH is 1. The molecular weight excluding hydrogens is 374 g/mol. The molecule has 30 heavy (non-hydrogen) atoms. The van der Waals surface area contributed by atoms with Crippen LogP contribution in [0, 0.1) is 39.4 Å². The number of rotatable bonds is 1. The van der Waals surface area contributed by atoms with Crippen molar-refractivity contribution in [2.75, 3.05) is 0 Å². The van der Waals surface area contributed by atoms with E-state index in [2.05, 4.69) is 46.0 Å². The molecule has 0 bridgehead atoms. The van der Waals surface area contributed by atoms with Crippen molar-refractivity contribution < 1.29 is 14.7 Å². The second-order valence-corrected chi connectivity index (χ2v) is 12.2. The van der Waals surface area contributed by atoms with Crippen LogP contribution in [-0.4, -0.2) is 23.0 Å². The minimum Gasteiger partial charge on any atom is -0.393 e. The van der Waals surface area contributed by atoms with Gasteiger partial charge in [-0.2, -0.15) is 0 Å². The van der Waals surface area contributed by atoms with Crippen molar-refractivity contribution in [3.8, 4) is 0 Å². The third kappa shape index (κ3) is 2.32. The average molecular weight is 412 g/mol. The molecule has 2 amide bonds. The normalized spacial score (nSPS) is 49.5. The smallest absolute Gasteiger partial charge is 0.254 e. The maximum atomic E-state index is 12.5. The Hall–Kier alpha value is -1.42. The Labute approximate surface area is 180 Å². The first-order valence-corrected chi connectivity index (χ1v) is 11.9. The topological polar surface area (TPSA) is 66.4 Å². The van der Waals surface area contributed by atoms with Crippen LogP contribution in [0.25, 0.3) is 0 Å². The van der Waals surface area contributed by atoms with Crippen molar-refractivity contribution in [2.45, 2.75) is 85.7 Å². The van der Waals surface area contributed by atoms with Crippen LogP contribution in [0.1, 0.15) is 79.6 Å². The molecule has 0 spiro atoms. The summed E-state index contributed by atoms with van der Waals surface area (Å²) in [5, 5.41) is 13.2. The van der Waals surface area contributed by atoms with E-state index >= 15 is 0 Å². The summed E-state index contributed by atoms with van der Waals surface area (Å²) in [5.74, 6) is 0.800. The van der Waals surface area contributed by atoms with Crippen LogP contribution in [-0.2, 0) is 9.59 Å². The summed E-state index contributed by atoms with van der Waals surface area (Å²) in [6, 6.07) is 0. The minimum atomic E-state index is -0.254. The highest BCUT2D eigenvalue weighted by Crippen LogP contribution is 2.73. The molecule has 0 radical (unpaired) electrons. The predicted molar refractivity (Wildman–Crippen MR) is 116 cm³/mol. The van der Waals surface area contributed by atoms with Gasteiger partial charge in [0.15, 0.2) is 0 Å². The molecule has 5 aliphatic rings. The maximum absolute atomic E-state index is 12.5. The molecule has 0 aromatic heterocycles. The Morgan fingerprint density at radius 1 is 0.967 bits per heavy atom. The van der Waals surface area contributed by atoms with Crippen molar-refractivity contribution in [2.24, 2.45) is 39.4 Å². The van der Waals surface area contributed by atoms with Gasteiger partial charge in [-0.3, -0.25) is 14.9 Å². The summed E-state index contributed by atoms with van der Waals surface area (Å²) in [5.41, 5.74) is 2.59. The number of fused-ring (bicyclic) bond motifs is 5. The molecular formula is C26H37NO3. The van der Waals surface area contributed by atoms with Crippen LogP contribution < -0.4 is 5.32 Å². The number of nitrogens with one attached hydrogen (secondary N) is 1. The van der Waals surface area contributed by atoms with Crippen molar-refractivity contribution in [3.63, 3.8) is 0 Å². The number of hydrogen-bond acceptors (Lipinski definition) is 3. The van der Waals surface area contributed by atoms with Crippen LogP contribution in [0.3, 0.4) is 0 Å². The Kier molecular flexibility index (Phi) is 4.16. The first kappa shape index (κ1) is 20.5. The lowest BCUT2D eigenvalue weighted by molar-refractivity contribution is -0.130. The SMILES string of the molecule is CC1(C)C(O)CC[C@]2(C)[C@H]3CC[C@@]4(C)[C@H](C5=CC(=O)NC5=O)CC[C@]4(C)C3=CC[C@@H]12. The Bertz CT molecular complexity index is 885. The number of imide groups is 1. The van der Waals surface area contributed by atoms with E-state index in [0.29, 0.717) is 17.4 Å². The van der Waals surface area contributed by atoms with Crippen molar-refractivity contribution >= 4 is 11.8 Å². The van der Waals surface area contributed by atoms with Gasteiger partial charge in [0.1, 0.15) is 0 Å². The minimum absolute atomic E-state index is 0.00994. The second kappa shape index (κ2) is 6.09. The lowest BCUT2D eigenvalue weighted by atomic mass is 9.41. The molecule has 3 fully saturated rings. The zero-order valence-electron chi connectivity index (χ0n) is 19.2. The molecule has 1 heterocycles. The highest BCUT2D eigenvalue weighted by molar-refractivity contribution is 6.16. The van der Waals surface area contributed by atoms with Gasteiger partial charge in [0.25, 0.3) is 11.8 Å². The molecule has 1 aliphatic heterocycles. The van der Waals surface area contributed by atoms with E-state index in [-0.39, 0.29) is 45.5 Å². The first-order chi connectivity index (χ1) is 13.9. The molecule has 164 valence electrons. The summed E-state index contributed by atoms with van der Waals surface area (Å²) in [6.45, 7) is 11.8. The Balaban J connectivity index is 1.55. The molecule has 7 atom stereocenters. The molecule has 3 saturated carbocycles. The molecule has 2 N–H and O–H groups in total. The molecule has 0 saturated heterocycles. The van der Waals surface area contributed by atoms with Gasteiger partial charge >= 0.3 is 0 Å². The molecule has 1 unspecified atom stereocenters. The zero-order chi connectivity index (χ0) is 21.7. The highest BCUT2D eigenvalue weighted by atomic mass is 16.3. The van der Waals surface area contributed by atoms with Crippen LogP contribution in [0.15, 0.2) is 23.3 Å². The van der Waals surface area contributed by atoms with Gasteiger partial charge in [0.05, 0.1) is 6.10 Å². The van der Waals surface area contributed by atoms with Gasteiger partial charge in [-0.25, -0.2) is 0 Å². The van der Waals surface area contributed by atoms with E-state index in [1.165, 1.54) is 0 Å². The van der Waals surface area contributed by atoms with E-state index in [4.69, 9.17) is 0 Å². The van der Waals surface area contributed by atoms with Gasteiger partial charge in [0, 0.05) is 11.6 Å². The van der Waals surface area contributed by atoms with E-state index in [1.54, 1.807) is 11.6 Å². The maximum Gasteiger partial charge on any atom is 0.254 e. The predicted octanol–water partition coefficient (Wildman–Crippen LogP) is 4.54. The number of amides is 2. The van der Waals surface area contributed by atoms with Gasteiger partial charge in [0.2, 0.25) is 0 Å². The molecule has 4 nitrogen and oxygen atoms in total. The lowest BCUT2D eigenvalue weighted by Gasteiger charge is -2.64. The number of allylic oxidation sites excluding steroid dienone is 2. The van der Waals surface area contributed by atoms with E-state index in [0.717, 1.165) is 44.9 Å². The standard InChI is InChI=1S/C26H37NO3/c1-23(2)19-7-6-18-17(24(19,3)11-10-20(23)28)9-13-25(4)16(8-12-26(18,25)5)15-14-21(29)27-22(15)30/h6,14,16-17,19-20,28H,7-13H2,1-5H3,(H,27,29,30)/t16-,17-,19-,20?,24+,25-,26+/m0/s1. The quantitative estimate of drug-likeness (QED) is 0.492. The summed E-state index contributed by atoms with van der Waals surface area (Å²) >= 11 is 0. The number of carbonyl (C=O) groups excluding carboxylic acids is 2. The third-order valence-electron chi connectivity index (χ3n) is 11.0. The number of carbonyl (C=O) groups is 2. The Morgan fingerprint density at radius 3 is 2.33 bits per heavy atom. The van der Waals surface area contributed by atoms with Crippen molar-refractivity contribution in [1.29, 1.82) is 0 Å². The van der Waals surface area contributed by atoms with Gasteiger partial charge in [-0.1, -0.05) is 46.3 Å². The summed E-state index contributed by atoms with van der Waals surface area (Å²) in [4.78, 5) is 24.3. The number of aliphatic hydroxyl groups is 1. The van der Waals surface area contributed by atoms with Gasteiger partial charge in [-0.15, -0.1) is 0 Å². The summed E-state index contributed by atoms with van der Waals surface area (Å²) in [7, 11) is 0. The summed E-state index contributed by atoms with van der Waals surface area (Å²) in [6.07, 6.45) is 11.2.